The molecular formula is C31H26ClN7O2. The van der Waals surface area contributed by atoms with Crippen LogP contribution in [0.2, 0.25) is 5.02 Å². The molecule has 204 valence electrons. The zero-order valence-corrected chi connectivity index (χ0v) is 22.7. The highest BCUT2D eigenvalue weighted by Gasteiger charge is 2.15. The maximum absolute atomic E-state index is 12.9. The van der Waals surface area contributed by atoms with Crippen LogP contribution in [0.15, 0.2) is 97.3 Å². The molecule has 4 heterocycles. The summed E-state index contributed by atoms with van der Waals surface area (Å²) < 4.78 is 6.06. The van der Waals surface area contributed by atoms with Crippen molar-refractivity contribution in [1.82, 2.24) is 20.3 Å². The van der Waals surface area contributed by atoms with E-state index >= 15 is 0 Å². The van der Waals surface area contributed by atoms with E-state index in [1.165, 1.54) is 5.56 Å². The highest BCUT2D eigenvalue weighted by Crippen LogP contribution is 2.33. The van der Waals surface area contributed by atoms with Gasteiger partial charge < -0.3 is 26.0 Å². The van der Waals surface area contributed by atoms with Gasteiger partial charge in [0.1, 0.15) is 29.0 Å². The van der Waals surface area contributed by atoms with E-state index in [-0.39, 0.29) is 5.91 Å². The Morgan fingerprint density at radius 1 is 0.854 bits per heavy atom. The van der Waals surface area contributed by atoms with Gasteiger partial charge in [0.2, 0.25) is 0 Å². The molecule has 1 amide bonds. The largest absolute Gasteiger partial charge is 0.456 e. The average Bonchev–Trinajstić information content (AvgIpc) is 2.99. The molecule has 5 aromatic rings. The van der Waals surface area contributed by atoms with Crippen molar-refractivity contribution in [3.8, 4) is 11.5 Å². The zero-order chi connectivity index (χ0) is 28.0. The van der Waals surface area contributed by atoms with Crippen LogP contribution in [0.1, 0.15) is 21.6 Å². The highest BCUT2D eigenvalue weighted by molar-refractivity contribution is 6.32. The number of nitrogens with zero attached hydrogens (tertiary/aromatic N) is 3. The lowest BCUT2D eigenvalue weighted by atomic mass is 10.1. The van der Waals surface area contributed by atoms with Gasteiger partial charge in [0.05, 0.1) is 10.6 Å². The van der Waals surface area contributed by atoms with Gasteiger partial charge in [-0.1, -0.05) is 35.9 Å². The first kappa shape index (κ1) is 26.2. The summed E-state index contributed by atoms with van der Waals surface area (Å²) in [4.78, 5) is 26.4. The number of rotatable bonds is 8. The first-order chi connectivity index (χ1) is 20.1. The molecule has 10 heteroatoms. The quantitative estimate of drug-likeness (QED) is 0.165. The standard InChI is InChI=1S/C31H26ClN7O2/c32-25-17-22(36-30-24(7-4-14-35-30)31(40)37-21-5-2-1-3-6-21)9-10-27(25)41-23-12-16-34-29(18-23)39-28-11-8-20-19-33-15-13-26(20)38-28/h1-12,14,16-18,33H,13,15,19H2,(H,35,36)(H,37,40)(H,34,38,39). The van der Waals surface area contributed by atoms with Crippen LogP contribution >= 0.6 is 11.6 Å². The number of benzene rings is 2. The summed E-state index contributed by atoms with van der Waals surface area (Å²) in [5.41, 5.74) is 4.06. The minimum absolute atomic E-state index is 0.275. The average molecular weight is 564 g/mol. The van der Waals surface area contributed by atoms with E-state index in [9.17, 15) is 4.79 Å². The third kappa shape index (κ3) is 6.43. The van der Waals surface area contributed by atoms with Gasteiger partial charge in [-0.3, -0.25) is 4.79 Å². The second kappa shape index (κ2) is 12.0. The van der Waals surface area contributed by atoms with E-state index in [1.807, 2.05) is 36.4 Å². The lowest BCUT2D eigenvalue weighted by molar-refractivity contribution is 0.102. The second-order valence-electron chi connectivity index (χ2n) is 9.32. The van der Waals surface area contributed by atoms with Crippen molar-refractivity contribution in [1.29, 1.82) is 0 Å². The van der Waals surface area contributed by atoms with Gasteiger partial charge >= 0.3 is 0 Å². The zero-order valence-electron chi connectivity index (χ0n) is 21.9. The number of carbonyl (C=O) groups excluding carboxylic acids is 1. The molecule has 0 atom stereocenters. The number of carbonyl (C=O) groups is 1. The minimum atomic E-state index is -0.275. The van der Waals surface area contributed by atoms with Crippen molar-refractivity contribution >= 4 is 46.3 Å². The Hall–Kier alpha value is -4.99. The predicted octanol–water partition coefficient (Wildman–Crippen LogP) is 6.70. The van der Waals surface area contributed by atoms with Crippen LogP contribution in [0, 0.1) is 0 Å². The Balaban J connectivity index is 1.14. The molecule has 9 nitrogen and oxygen atoms in total. The molecule has 2 aromatic carbocycles. The van der Waals surface area contributed by atoms with Crippen molar-refractivity contribution in [3.63, 3.8) is 0 Å². The molecule has 3 aromatic heterocycles. The lowest BCUT2D eigenvalue weighted by Crippen LogP contribution is -2.24. The summed E-state index contributed by atoms with van der Waals surface area (Å²) in [6, 6.07) is 25.5. The molecule has 1 aliphatic rings. The van der Waals surface area contributed by atoms with E-state index in [1.54, 1.807) is 54.9 Å². The van der Waals surface area contributed by atoms with Crippen LogP contribution in [0.3, 0.4) is 0 Å². The smallest absolute Gasteiger partial charge is 0.259 e. The van der Waals surface area contributed by atoms with E-state index in [0.717, 1.165) is 31.0 Å². The second-order valence-corrected chi connectivity index (χ2v) is 9.73. The molecule has 0 unspecified atom stereocenters. The summed E-state index contributed by atoms with van der Waals surface area (Å²) >= 11 is 6.58. The van der Waals surface area contributed by atoms with Gasteiger partial charge in [-0.05, 0) is 60.2 Å². The maximum Gasteiger partial charge on any atom is 0.259 e. The monoisotopic (exact) mass is 563 g/mol. The molecule has 0 radical (unpaired) electrons. The molecule has 0 saturated carbocycles. The van der Waals surface area contributed by atoms with Crippen LogP contribution in [0.25, 0.3) is 0 Å². The number of hydrogen-bond donors (Lipinski definition) is 4. The molecule has 0 saturated heterocycles. The molecule has 1 aliphatic heterocycles. The number of anilines is 5. The van der Waals surface area contributed by atoms with Crippen molar-refractivity contribution in [3.05, 3.63) is 119 Å². The van der Waals surface area contributed by atoms with Gasteiger partial charge in [0.15, 0.2) is 0 Å². The summed E-state index contributed by atoms with van der Waals surface area (Å²) in [7, 11) is 0. The van der Waals surface area contributed by atoms with Crippen molar-refractivity contribution in [2.24, 2.45) is 0 Å². The molecule has 41 heavy (non-hydrogen) atoms. The van der Waals surface area contributed by atoms with E-state index < -0.39 is 0 Å². The third-order valence-electron chi connectivity index (χ3n) is 6.42. The number of halogens is 1. The number of ether oxygens (including phenoxy) is 1. The van der Waals surface area contributed by atoms with Gasteiger partial charge in [-0.25, -0.2) is 15.0 Å². The van der Waals surface area contributed by atoms with Gasteiger partial charge in [0.25, 0.3) is 5.91 Å². The number of hydrogen-bond acceptors (Lipinski definition) is 8. The number of nitrogens with one attached hydrogen (secondary N) is 4. The van der Waals surface area contributed by atoms with Gasteiger partial charge in [-0.15, -0.1) is 0 Å². The normalized spacial score (nSPS) is 12.2. The topological polar surface area (TPSA) is 113 Å². The number of pyridine rings is 3. The van der Waals surface area contributed by atoms with E-state index in [2.05, 4.69) is 37.3 Å². The summed E-state index contributed by atoms with van der Waals surface area (Å²) in [5.74, 6) is 2.50. The van der Waals surface area contributed by atoms with Crippen LogP contribution < -0.4 is 26.0 Å². The number of amides is 1. The summed E-state index contributed by atoms with van der Waals surface area (Å²) in [5, 5.41) is 13.1. The SMILES string of the molecule is O=C(Nc1ccccc1)c1cccnc1Nc1ccc(Oc2ccnc(Nc3ccc4c(n3)CCNC4)c2)c(Cl)c1. The van der Waals surface area contributed by atoms with Crippen LogP contribution in [0.5, 0.6) is 11.5 Å². The summed E-state index contributed by atoms with van der Waals surface area (Å²) in [6.45, 7) is 1.76. The maximum atomic E-state index is 12.9. The Morgan fingerprint density at radius 2 is 1.76 bits per heavy atom. The molecule has 0 spiro atoms. The fraction of sp³-hybridized carbons (Fsp3) is 0.0968. The first-order valence-corrected chi connectivity index (χ1v) is 13.5. The molecule has 0 aliphatic carbocycles. The van der Waals surface area contributed by atoms with Gasteiger partial charge in [-0.2, -0.15) is 0 Å². The van der Waals surface area contributed by atoms with Crippen LogP contribution in [0.4, 0.5) is 28.8 Å². The first-order valence-electron chi connectivity index (χ1n) is 13.1. The fourth-order valence-electron chi connectivity index (χ4n) is 4.41. The fourth-order valence-corrected chi connectivity index (χ4v) is 4.63. The minimum Gasteiger partial charge on any atom is -0.456 e. The molecule has 4 N–H and O–H groups in total. The van der Waals surface area contributed by atoms with Crippen LogP contribution in [-0.2, 0) is 13.0 Å². The van der Waals surface area contributed by atoms with E-state index in [0.29, 0.717) is 45.1 Å². The number of aromatic nitrogens is 3. The Labute approximate surface area is 242 Å². The van der Waals surface area contributed by atoms with Gasteiger partial charge in [0, 0.05) is 55.0 Å². The number of fused-ring (bicyclic) bond motifs is 1. The molecule has 0 fully saturated rings. The predicted molar refractivity (Wildman–Crippen MR) is 161 cm³/mol. The Bertz CT molecular complexity index is 1700. The molecular weight excluding hydrogens is 538 g/mol. The molecule has 6 rings (SSSR count). The third-order valence-corrected chi connectivity index (χ3v) is 6.71. The van der Waals surface area contributed by atoms with Crippen molar-refractivity contribution in [2.45, 2.75) is 13.0 Å². The van der Waals surface area contributed by atoms with E-state index in [4.69, 9.17) is 21.3 Å². The van der Waals surface area contributed by atoms with Crippen molar-refractivity contribution < 1.29 is 9.53 Å². The molecule has 0 bridgehead atoms. The lowest BCUT2D eigenvalue weighted by Gasteiger charge is -2.17. The van der Waals surface area contributed by atoms with Crippen molar-refractivity contribution in [2.75, 3.05) is 22.5 Å². The highest BCUT2D eigenvalue weighted by atomic mass is 35.5. The Kier molecular flexibility index (Phi) is 7.70. The number of para-hydroxylation sites is 1. The summed E-state index contributed by atoms with van der Waals surface area (Å²) in [6.07, 6.45) is 4.17. The van der Waals surface area contributed by atoms with Crippen LogP contribution in [-0.4, -0.2) is 27.4 Å². The Morgan fingerprint density at radius 3 is 2.63 bits per heavy atom.